The SMILES string of the molecule is CNCc1cn(S(=O)(=O)c2cccnc2)c2cc(Nc3ccc(Oc4ccccc4)cc3)ccc12. The zero-order valence-corrected chi connectivity index (χ0v) is 19.9. The first-order chi connectivity index (χ1) is 17.0. The molecule has 0 aliphatic rings. The van der Waals surface area contributed by atoms with Gasteiger partial charge in [0.25, 0.3) is 10.0 Å². The molecule has 2 N–H and O–H groups in total. The Morgan fingerprint density at radius 3 is 2.34 bits per heavy atom. The molecule has 0 fully saturated rings. The number of aromatic nitrogens is 2. The van der Waals surface area contributed by atoms with Gasteiger partial charge in [0.1, 0.15) is 16.4 Å². The van der Waals surface area contributed by atoms with Gasteiger partial charge < -0.3 is 15.4 Å². The largest absolute Gasteiger partial charge is 0.457 e. The fraction of sp³-hybridized carbons (Fsp3) is 0.0741. The van der Waals surface area contributed by atoms with Crippen molar-refractivity contribution in [3.8, 4) is 11.5 Å². The van der Waals surface area contributed by atoms with E-state index in [-0.39, 0.29) is 4.90 Å². The van der Waals surface area contributed by atoms with E-state index in [1.54, 1.807) is 24.5 Å². The summed E-state index contributed by atoms with van der Waals surface area (Å²) in [5, 5.41) is 7.33. The van der Waals surface area contributed by atoms with E-state index >= 15 is 0 Å². The van der Waals surface area contributed by atoms with E-state index in [1.807, 2.05) is 79.8 Å². The molecule has 176 valence electrons. The lowest BCUT2D eigenvalue weighted by atomic mass is 10.1. The molecule has 5 rings (SSSR count). The van der Waals surface area contributed by atoms with E-state index < -0.39 is 10.0 Å². The highest BCUT2D eigenvalue weighted by Crippen LogP contribution is 2.30. The molecule has 8 heteroatoms. The van der Waals surface area contributed by atoms with E-state index in [0.717, 1.165) is 33.8 Å². The van der Waals surface area contributed by atoms with Gasteiger partial charge in [-0.05, 0) is 73.3 Å². The van der Waals surface area contributed by atoms with Gasteiger partial charge in [0.15, 0.2) is 0 Å². The van der Waals surface area contributed by atoms with Crippen LogP contribution in [-0.2, 0) is 16.6 Å². The topological polar surface area (TPSA) is 85.2 Å². The van der Waals surface area contributed by atoms with Gasteiger partial charge in [-0.1, -0.05) is 24.3 Å². The second-order valence-electron chi connectivity index (χ2n) is 7.97. The van der Waals surface area contributed by atoms with Gasteiger partial charge in [0.05, 0.1) is 5.52 Å². The molecule has 35 heavy (non-hydrogen) atoms. The molecule has 0 spiro atoms. The Kier molecular flexibility index (Phi) is 6.22. The summed E-state index contributed by atoms with van der Waals surface area (Å²) in [6.07, 6.45) is 4.58. The predicted octanol–water partition coefficient (Wildman–Crippen LogP) is 5.53. The highest BCUT2D eigenvalue weighted by molar-refractivity contribution is 7.90. The minimum atomic E-state index is -3.81. The van der Waals surface area contributed by atoms with Crippen LogP contribution in [0.15, 0.2) is 108 Å². The van der Waals surface area contributed by atoms with Crippen LogP contribution in [0.3, 0.4) is 0 Å². The molecule has 0 atom stereocenters. The van der Waals surface area contributed by atoms with Gasteiger partial charge in [-0.3, -0.25) is 4.98 Å². The quantitative estimate of drug-likeness (QED) is 0.301. The average Bonchev–Trinajstić information content (AvgIpc) is 3.25. The van der Waals surface area contributed by atoms with Gasteiger partial charge in [-0.2, -0.15) is 0 Å². The first-order valence-electron chi connectivity index (χ1n) is 11.1. The fourth-order valence-electron chi connectivity index (χ4n) is 3.88. The first kappa shape index (κ1) is 22.6. The Balaban J connectivity index is 1.46. The summed E-state index contributed by atoms with van der Waals surface area (Å²) < 4.78 is 34.0. The summed E-state index contributed by atoms with van der Waals surface area (Å²) in [5.41, 5.74) is 3.11. The number of para-hydroxylation sites is 1. The number of nitrogens with zero attached hydrogens (tertiary/aromatic N) is 2. The van der Waals surface area contributed by atoms with Crippen molar-refractivity contribution in [3.63, 3.8) is 0 Å². The predicted molar refractivity (Wildman–Crippen MR) is 138 cm³/mol. The summed E-state index contributed by atoms with van der Waals surface area (Å²) >= 11 is 0. The Bertz CT molecular complexity index is 1550. The molecule has 5 aromatic rings. The van der Waals surface area contributed by atoms with Crippen molar-refractivity contribution in [2.45, 2.75) is 11.4 Å². The summed E-state index contributed by atoms with van der Waals surface area (Å²) in [7, 11) is -1.97. The molecule has 0 unspecified atom stereocenters. The average molecular weight is 485 g/mol. The summed E-state index contributed by atoms with van der Waals surface area (Å²) in [4.78, 5) is 4.12. The lowest BCUT2D eigenvalue weighted by Gasteiger charge is -2.11. The summed E-state index contributed by atoms with van der Waals surface area (Å²) in [6.45, 7) is 0.543. The molecule has 7 nitrogen and oxygen atoms in total. The number of benzene rings is 3. The van der Waals surface area contributed by atoms with E-state index in [1.165, 1.54) is 10.2 Å². The van der Waals surface area contributed by atoms with Crippen LogP contribution in [0.25, 0.3) is 10.9 Å². The molecular weight excluding hydrogens is 460 g/mol. The number of rotatable bonds is 8. The highest BCUT2D eigenvalue weighted by atomic mass is 32.2. The molecule has 0 saturated heterocycles. The van der Waals surface area contributed by atoms with Crippen molar-refractivity contribution < 1.29 is 13.2 Å². The van der Waals surface area contributed by atoms with Crippen molar-refractivity contribution in [1.82, 2.24) is 14.3 Å². The Hall–Kier alpha value is -4.14. The summed E-state index contributed by atoms with van der Waals surface area (Å²) in [5.74, 6) is 1.50. The van der Waals surface area contributed by atoms with Gasteiger partial charge in [-0.15, -0.1) is 0 Å². The van der Waals surface area contributed by atoms with Crippen molar-refractivity contribution in [3.05, 3.63) is 109 Å². The second-order valence-corrected chi connectivity index (χ2v) is 9.79. The van der Waals surface area contributed by atoms with E-state index in [0.29, 0.717) is 12.1 Å². The molecule has 3 aromatic carbocycles. The fourth-order valence-corrected chi connectivity index (χ4v) is 5.23. The molecule has 0 bridgehead atoms. The molecular formula is C27H24N4O3S. The Morgan fingerprint density at radius 2 is 1.63 bits per heavy atom. The third kappa shape index (κ3) is 4.75. The van der Waals surface area contributed by atoms with Gasteiger partial charge in [0, 0.05) is 41.9 Å². The zero-order chi connectivity index (χ0) is 24.3. The monoisotopic (exact) mass is 484 g/mol. The highest BCUT2D eigenvalue weighted by Gasteiger charge is 2.21. The van der Waals surface area contributed by atoms with Crippen molar-refractivity contribution >= 4 is 32.3 Å². The molecule has 0 aliphatic carbocycles. The maximum atomic E-state index is 13.4. The van der Waals surface area contributed by atoms with Gasteiger partial charge in [0.2, 0.25) is 0 Å². The number of anilines is 2. The van der Waals surface area contributed by atoms with Gasteiger partial charge >= 0.3 is 0 Å². The minimum absolute atomic E-state index is 0.139. The second kappa shape index (κ2) is 9.61. The van der Waals surface area contributed by atoms with Crippen LogP contribution in [0.4, 0.5) is 11.4 Å². The molecule has 0 amide bonds. The van der Waals surface area contributed by atoms with Crippen molar-refractivity contribution in [1.29, 1.82) is 0 Å². The molecule has 2 aromatic heterocycles. The van der Waals surface area contributed by atoms with E-state index in [2.05, 4.69) is 15.6 Å². The molecule has 0 aliphatic heterocycles. The zero-order valence-electron chi connectivity index (χ0n) is 19.0. The van der Waals surface area contributed by atoms with Crippen LogP contribution in [0.2, 0.25) is 0 Å². The number of nitrogens with one attached hydrogen (secondary N) is 2. The third-order valence-electron chi connectivity index (χ3n) is 5.53. The number of fused-ring (bicyclic) bond motifs is 1. The molecule has 0 saturated carbocycles. The Morgan fingerprint density at radius 1 is 0.886 bits per heavy atom. The van der Waals surface area contributed by atoms with Crippen LogP contribution >= 0.6 is 0 Å². The smallest absolute Gasteiger partial charge is 0.269 e. The molecule has 2 heterocycles. The number of hydrogen-bond acceptors (Lipinski definition) is 6. The molecule has 0 radical (unpaired) electrons. The van der Waals surface area contributed by atoms with Crippen LogP contribution in [0.1, 0.15) is 5.56 Å². The minimum Gasteiger partial charge on any atom is -0.457 e. The number of hydrogen-bond donors (Lipinski definition) is 2. The van der Waals surface area contributed by atoms with Crippen molar-refractivity contribution in [2.75, 3.05) is 12.4 Å². The van der Waals surface area contributed by atoms with Crippen molar-refractivity contribution in [2.24, 2.45) is 0 Å². The number of pyridine rings is 1. The Labute approximate surface area is 204 Å². The van der Waals surface area contributed by atoms with Crippen LogP contribution < -0.4 is 15.4 Å². The van der Waals surface area contributed by atoms with E-state index in [9.17, 15) is 8.42 Å². The third-order valence-corrected chi connectivity index (χ3v) is 7.19. The number of ether oxygens (including phenoxy) is 1. The van der Waals surface area contributed by atoms with Crippen LogP contribution in [0, 0.1) is 0 Å². The van der Waals surface area contributed by atoms with Gasteiger partial charge in [-0.25, -0.2) is 12.4 Å². The maximum absolute atomic E-state index is 13.4. The van der Waals surface area contributed by atoms with E-state index in [4.69, 9.17) is 4.74 Å². The van der Waals surface area contributed by atoms with Crippen LogP contribution in [0.5, 0.6) is 11.5 Å². The summed E-state index contributed by atoms with van der Waals surface area (Å²) in [6, 6.07) is 26.1. The normalized spacial score (nSPS) is 11.5. The lowest BCUT2D eigenvalue weighted by molar-refractivity contribution is 0.483. The standard InChI is InChI=1S/C27H24N4O3S/c1-28-17-20-19-31(35(32,33)25-8-5-15-29-18-25)27-16-22(11-14-26(20)27)30-21-9-12-24(13-10-21)34-23-6-3-2-4-7-23/h2-16,18-19,28,30H,17H2,1H3. The lowest BCUT2D eigenvalue weighted by Crippen LogP contribution is -2.12. The maximum Gasteiger partial charge on any atom is 0.269 e. The first-order valence-corrected chi connectivity index (χ1v) is 12.5. The van der Waals surface area contributed by atoms with Crippen LogP contribution in [-0.4, -0.2) is 24.4 Å².